The van der Waals surface area contributed by atoms with Crippen molar-refractivity contribution < 1.29 is 84.3 Å². The van der Waals surface area contributed by atoms with Crippen LogP contribution in [0.5, 0.6) is 0 Å². The van der Waals surface area contributed by atoms with Crippen LogP contribution in [0.4, 0.5) is 0 Å². The number of aldehydes is 1. The standard InChI is InChI=1S/C32H58O17/c1-2-3-4-5-6-7-8-9-10-11-12-13-22(38)45-17-21-24(40)25(41)27(43)31(47-21)49-30-20(16-35)46-32(28(44)26(30)42)48-29(19(37)15-34)23(39)18(36)14-33/h14,18-21,23-32,34-37,39-44H,2-13,15-17H2,1H3/t18-,19+,20+,21+,23+,24+,25-,26+,27+,28+,29+,30+,31+,32+/m0/s1. The van der Waals surface area contributed by atoms with Crippen molar-refractivity contribution in [3.63, 3.8) is 0 Å². The molecule has 0 unspecified atom stereocenters. The lowest BCUT2D eigenvalue weighted by Gasteiger charge is -2.46. The lowest BCUT2D eigenvalue weighted by atomic mass is 9.96. The first-order chi connectivity index (χ1) is 23.4. The van der Waals surface area contributed by atoms with E-state index in [2.05, 4.69) is 6.92 Å². The molecule has 17 heteroatoms. The second-order valence-corrected chi connectivity index (χ2v) is 12.8. The third-order valence-electron chi connectivity index (χ3n) is 8.86. The average Bonchev–Trinajstić information content (AvgIpc) is 3.10. The molecule has 10 N–H and O–H groups in total. The Morgan fingerprint density at radius 1 is 0.735 bits per heavy atom. The van der Waals surface area contributed by atoms with Gasteiger partial charge in [0.2, 0.25) is 0 Å². The summed E-state index contributed by atoms with van der Waals surface area (Å²) in [5.74, 6) is -0.550. The molecule has 2 rings (SSSR count). The van der Waals surface area contributed by atoms with Gasteiger partial charge in [0, 0.05) is 6.42 Å². The zero-order chi connectivity index (χ0) is 36.5. The van der Waals surface area contributed by atoms with Gasteiger partial charge in [-0.3, -0.25) is 4.79 Å². The predicted molar refractivity (Wildman–Crippen MR) is 167 cm³/mol. The summed E-state index contributed by atoms with van der Waals surface area (Å²) in [5.41, 5.74) is 0. The zero-order valence-corrected chi connectivity index (χ0v) is 28.1. The van der Waals surface area contributed by atoms with E-state index in [0.29, 0.717) is 6.42 Å². The number of hydrogen-bond donors (Lipinski definition) is 10. The van der Waals surface area contributed by atoms with Gasteiger partial charge in [0.1, 0.15) is 79.9 Å². The molecule has 17 nitrogen and oxygen atoms in total. The van der Waals surface area contributed by atoms with Gasteiger partial charge in [-0.15, -0.1) is 0 Å². The van der Waals surface area contributed by atoms with E-state index in [1.54, 1.807) is 0 Å². The summed E-state index contributed by atoms with van der Waals surface area (Å²) in [6.45, 7) is -0.211. The average molecular weight is 715 g/mol. The lowest BCUT2D eigenvalue weighted by molar-refractivity contribution is -0.367. The molecule has 2 aliphatic heterocycles. The SMILES string of the molecule is CCCCCCCCCCCCCC(=O)OC[C@H]1O[C@H](O[C@H]2[C@H](O)[C@@H](O)[C@@H](O[C@@H]([C@H](O)[C@@H](O)C=O)[C@H](O)CO)O[C@@H]2CO)[C@H](O)[C@@H](O)[C@@H]1O. The van der Waals surface area contributed by atoms with Crippen LogP contribution in [-0.4, -0.2) is 169 Å². The summed E-state index contributed by atoms with van der Waals surface area (Å²) in [6, 6.07) is 0. The minimum absolute atomic E-state index is 0.0626. The predicted octanol–water partition coefficient (Wildman–Crippen LogP) is -2.48. The lowest BCUT2D eigenvalue weighted by Crippen LogP contribution is -2.65. The second-order valence-electron chi connectivity index (χ2n) is 12.8. The van der Waals surface area contributed by atoms with Crippen molar-refractivity contribution in [3.8, 4) is 0 Å². The van der Waals surface area contributed by atoms with E-state index in [1.165, 1.54) is 38.5 Å². The first kappa shape index (κ1) is 43.7. The normalized spacial score (nSPS) is 33.0. The molecule has 0 aromatic rings. The molecule has 0 aromatic carbocycles. The summed E-state index contributed by atoms with van der Waals surface area (Å²) >= 11 is 0. The monoisotopic (exact) mass is 714 g/mol. The van der Waals surface area contributed by atoms with E-state index in [9.17, 15) is 60.7 Å². The van der Waals surface area contributed by atoms with E-state index in [0.717, 1.165) is 25.7 Å². The van der Waals surface area contributed by atoms with Crippen LogP contribution >= 0.6 is 0 Å². The van der Waals surface area contributed by atoms with E-state index in [-0.39, 0.29) is 12.7 Å². The van der Waals surface area contributed by atoms with Crippen molar-refractivity contribution in [1.29, 1.82) is 0 Å². The number of rotatable bonds is 24. The third kappa shape index (κ3) is 13.6. The maximum absolute atomic E-state index is 12.3. The van der Waals surface area contributed by atoms with Crippen molar-refractivity contribution in [2.24, 2.45) is 0 Å². The third-order valence-corrected chi connectivity index (χ3v) is 8.86. The zero-order valence-electron chi connectivity index (χ0n) is 28.1. The molecule has 2 aliphatic rings. The highest BCUT2D eigenvalue weighted by molar-refractivity contribution is 5.69. The highest BCUT2D eigenvalue weighted by Crippen LogP contribution is 2.31. The van der Waals surface area contributed by atoms with Crippen molar-refractivity contribution in [2.75, 3.05) is 19.8 Å². The van der Waals surface area contributed by atoms with Crippen molar-refractivity contribution >= 4 is 12.3 Å². The van der Waals surface area contributed by atoms with Gasteiger partial charge in [-0.25, -0.2) is 0 Å². The maximum atomic E-state index is 12.3. The van der Waals surface area contributed by atoms with Crippen LogP contribution in [-0.2, 0) is 33.3 Å². The van der Waals surface area contributed by atoms with Crippen molar-refractivity contribution in [2.45, 2.75) is 170 Å². The Labute approximate surface area is 286 Å². The van der Waals surface area contributed by atoms with Crippen LogP contribution < -0.4 is 0 Å². The molecule has 288 valence electrons. The second kappa shape index (κ2) is 23.2. The minimum Gasteiger partial charge on any atom is -0.463 e. The molecule has 14 atom stereocenters. The Balaban J connectivity index is 1.90. The van der Waals surface area contributed by atoms with Crippen LogP contribution in [0.3, 0.4) is 0 Å². The summed E-state index contributed by atoms with van der Waals surface area (Å²) in [7, 11) is 0. The molecule has 0 radical (unpaired) electrons. The van der Waals surface area contributed by atoms with Crippen molar-refractivity contribution in [3.05, 3.63) is 0 Å². The van der Waals surface area contributed by atoms with Gasteiger partial charge in [-0.05, 0) is 6.42 Å². The van der Waals surface area contributed by atoms with Gasteiger partial charge in [0.15, 0.2) is 18.9 Å². The molecule has 2 heterocycles. The Morgan fingerprint density at radius 3 is 1.84 bits per heavy atom. The fourth-order valence-corrected chi connectivity index (χ4v) is 5.77. The van der Waals surface area contributed by atoms with E-state index in [1.807, 2.05) is 0 Å². The van der Waals surface area contributed by atoms with E-state index < -0.39 is 112 Å². The number of carbonyl (C=O) groups is 2. The Hall–Kier alpha value is -1.42. The highest BCUT2D eigenvalue weighted by atomic mass is 16.7. The Bertz CT molecular complexity index is 911. The fraction of sp³-hybridized carbons (Fsp3) is 0.938. The molecule has 0 bridgehead atoms. The molecule has 2 saturated heterocycles. The molecular formula is C32H58O17. The van der Waals surface area contributed by atoms with Crippen LogP contribution in [0.25, 0.3) is 0 Å². The number of ether oxygens (including phenoxy) is 5. The van der Waals surface area contributed by atoms with E-state index >= 15 is 0 Å². The molecule has 0 aromatic heterocycles. The van der Waals surface area contributed by atoms with Crippen LogP contribution in [0, 0.1) is 0 Å². The first-order valence-corrected chi connectivity index (χ1v) is 17.3. The number of carbonyl (C=O) groups excluding carboxylic acids is 2. The number of esters is 1. The van der Waals surface area contributed by atoms with Crippen LogP contribution in [0.1, 0.15) is 84.0 Å². The van der Waals surface area contributed by atoms with E-state index in [4.69, 9.17) is 23.7 Å². The molecule has 2 fully saturated rings. The summed E-state index contributed by atoms with van der Waals surface area (Å²) in [5, 5.41) is 102. The molecule has 0 aliphatic carbocycles. The molecule has 0 saturated carbocycles. The quantitative estimate of drug-likeness (QED) is 0.0281. The Kier molecular flexibility index (Phi) is 20.7. The maximum Gasteiger partial charge on any atom is 0.305 e. The van der Waals surface area contributed by atoms with Gasteiger partial charge in [-0.2, -0.15) is 0 Å². The van der Waals surface area contributed by atoms with Gasteiger partial charge in [0.05, 0.1) is 13.2 Å². The van der Waals surface area contributed by atoms with Gasteiger partial charge >= 0.3 is 5.97 Å². The Morgan fingerprint density at radius 2 is 1.29 bits per heavy atom. The molecule has 0 amide bonds. The molecule has 0 spiro atoms. The van der Waals surface area contributed by atoms with Gasteiger partial charge in [-0.1, -0.05) is 71.1 Å². The summed E-state index contributed by atoms with van der Waals surface area (Å²) in [4.78, 5) is 23.2. The number of unbranched alkanes of at least 4 members (excludes halogenated alkanes) is 10. The summed E-state index contributed by atoms with van der Waals surface area (Å²) < 4.78 is 27.1. The number of aliphatic hydroxyl groups excluding tert-OH is 10. The molecule has 49 heavy (non-hydrogen) atoms. The van der Waals surface area contributed by atoms with Crippen molar-refractivity contribution in [1.82, 2.24) is 0 Å². The largest absolute Gasteiger partial charge is 0.463 e. The smallest absolute Gasteiger partial charge is 0.305 e. The van der Waals surface area contributed by atoms with Crippen LogP contribution in [0.2, 0.25) is 0 Å². The fourth-order valence-electron chi connectivity index (χ4n) is 5.77. The number of hydrogen-bond acceptors (Lipinski definition) is 17. The van der Waals surface area contributed by atoms with Crippen LogP contribution in [0.15, 0.2) is 0 Å². The van der Waals surface area contributed by atoms with Gasteiger partial charge in [0.25, 0.3) is 0 Å². The summed E-state index contributed by atoms with van der Waals surface area (Å²) in [6.07, 6.45) is -13.4. The molecular weight excluding hydrogens is 656 g/mol. The first-order valence-electron chi connectivity index (χ1n) is 17.3. The minimum atomic E-state index is -2.10. The highest BCUT2D eigenvalue weighted by Gasteiger charge is 2.52. The topological polar surface area (TPSA) is 283 Å². The number of aliphatic hydroxyl groups is 10. The van der Waals surface area contributed by atoms with Gasteiger partial charge < -0.3 is 79.5 Å².